The number of nitrogens with one attached hydrogen (secondary N) is 1. The van der Waals surface area contributed by atoms with Crippen molar-refractivity contribution in [1.29, 1.82) is 0 Å². The minimum atomic E-state index is -0.306. The number of methoxy groups -OCH3 is 1. The number of hydrogen-bond acceptors (Lipinski definition) is 4. The van der Waals surface area contributed by atoms with Crippen LogP contribution in [-0.2, 0) is 9.53 Å². The fourth-order valence-corrected chi connectivity index (χ4v) is 1.87. The summed E-state index contributed by atoms with van der Waals surface area (Å²) in [6, 6.07) is 7.74. The molecule has 1 heterocycles. The maximum Gasteiger partial charge on any atom is 0.325 e. The van der Waals surface area contributed by atoms with Crippen LogP contribution in [0.1, 0.15) is 0 Å². The number of hydrogen-bond donors (Lipinski definition) is 1. The molecule has 0 aliphatic carbocycles. The van der Waals surface area contributed by atoms with Crippen LogP contribution >= 0.6 is 15.9 Å². The Labute approximate surface area is 107 Å². The molecular formula is C12H11BrN2O2. The predicted molar refractivity (Wildman–Crippen MR) is 69.9 cm³/mol. The Kier molecular flexibility index (Phi) is 3.58. The van der Waals surface area contributed by atoms with E-state index in [0.717, 1.165) is 21.1 Å². The molecule has 0 amide bonds. The quantitative estimate of drug-likeness (QED) is 0.884. The molecule has 88 valence electrons. The van der Waals surface area contributed by atoms with Crippen LogP contribution in [0.4, 0.5) is 5.69 Å². The maximum atomic E-state index is 11.1. The summed E-state index contributed by atoms with van der Waals surface area (Å²) in [6.45, 7) is 0.132. The summed E-state index contributed by atoms with van der Waals surface area (Å²) >= 11 is 3.37. The van der Waals surface area contributed by atoms with Crippen molar-refractivity contribution in [2.24, 2.45) is 0 Å². The summed E-state index contributed by atoms with van der Waals surface area (Å²) in [4.78, 5) is 15.4. The van der Waals surface area contributed by atoms with Gasteiger partial charge in [-0.25, -0.2) is 0 Å². The highest BCUT2D eigenvalue weighted by atomic mass is 79.9. The monoisotopic (exact) mass is 294 g/mol. The summed E-state index contributed by atoms with van der Waals surface area (Å²) < 4.78 is 5.50. The summed E-state index contributed by atoms with van der Waals surface area (Å²) in [5.41, 5.74) is 1.65. The number of carbonyl (C=O) groups excluding carboxylic acids is 1. The molecule has 1 N–H and O–H groups in total. The molecule has 0 saturated heterocycles. The van der Waals surface area contributed by atoms with E-state index in [2.05, 4.69) is 31.0 Å². The zero-order valence-electron chi connectivity index (χ0n) is 9.24. The summed E-state index contributed by atoms with van der Waals surface area (Å²) in [7, 11) is 1.36. The highest BCUT2D eigenvalue weighted by molar-refractivity contribution is 9.10. The van der Waals surface area contributed by atoms with Gasteiger partial charge >= 0.3 is 5.97 Å². The average molecular weight is 295 g/mol. The van der Waals surface area contributed by atoms with Gasteiger partial charge in [-0.15, -0.1) is 0 Å². The molecule has 17 heavy (non-hydrogen) atoms. The van der Waals surface area contributed by atoms with Crippen molar-refractivity contribution in [2.45, 2.75) is 0 Å². The molecule has 0 bridgehead atoms. The van der Waals surface area contributed by atoms with Gasteiger partial charge in [0.25, 0.3) is 0 Å². The van der Waals surface area contributed by atoms with Crippen LogP contribution in [0, 0.1) is 0 Å². The number of halogens is 1. The normalized spacial score (nSPS) is 10.2. The van der Waals surface area contributed by atoms with E-state index in [1.54, 1.807) is 6.20 Å². The third kappa shape index (κ3) is 2.74. The van der Waals surface area contributed by atoms with Gasteiger partial charge in [0.1, 0.15) is 6.54 Å². The maximum absolute atomic E-state index is 11.1. The van der Waals surface area contributed by atoms with E-state index in [1.807, 2.05) is 24.3 Å². The SMILES string of the molecule is COC(=O)CNc1cccc2cc(Br)cnc12. The zero-order valence-corrected chi connectivity index (χ0v) is 10.8. The molecule has 0 aliphatic rings. The van der Waals surface area contributed by atoms with E-state index in [0.29, 0.717) is 0 Å². The van der Waals surface area contributed by atoms with Gasteiger partial charge in [0.2, 0.25) is 0 Å². The number of ether oxygens (including phenoxy) is 1. The number of nitrogens with zero attached hydrogens (tertiary/aromatic N) is 1. The van der Waals surface area contributed by atoms with E-state index in [9.17, 15) is 4.79 Å². The number of rotatable bonds is 3. The predicted octanol–water partition coefficient (Wildman–Crippen LogP) is 2.58. The van der Waals surface area contributed by atoms with Crippen LogP contribution < -0.4 is 5.32 Å². The second kappa shape index (κ2) is 5.14. The second-order valence-corrected chi connectivity index (χ2v) is 4.38. The lowest BCUT2D eigenvalue weighted by Gasteiger charge is -2.08. The van der Waals surface area contributed by atoms with Crippen LogP contribution in [0.15, 0.2) is 34.9 Å². The molecule has 0 radical (unpaired) electrons. The minimum Gasteiger partial charge on any atom is -0.468 e. The smallest absolute Gasteiger partial charge is 0.325 e. The standard InChI is InChI=1S/C12H11BrN2O2/c1-17-11(16)7-14-10-4-2-3-8-5-9(13)6-15-12(8)10/h2-6,14H,7H2,1H3. The zero-order chi connectivity index (χ0) is 12.3. The highest BCUT2D eigenvalue weighted by Crippen LogP contribution is 2.23. The minimum absolute atomic E-state index is 0.132. The first-order valence-corrected chi connectivity index (χ1v) is 5.85. The van der Waals surface area contributed by atoms with Crippen LogP contribution in [0.2, 0.25) is 0 Å². The van der Waals surface area contributed by atoms with Crippen LogP contribution in [0.5, 0.6) is 0 Å². The molecule has 0 spiro atoms. The number of esters is 1. The number of aromatic nitrogens is 1. The Balaban J connectivity index is 2.31. The van der Waals surface area contributed by atoms with Crippen molar-refractivity contribution < 1.29 is 9.53 Å². The molecule has 0 unspecified atom stereocenters. The first-order valence-electron chi connectivity index (χ1n) is 5.05. The number of fused-ring (bicyclic) bond motifs is 1. The van der Waals surface area contributed by atoms with Gasteiger partial charge in [-0.2, -0.15) is 0 Å². The number of benzene rings is 1. The highest BCUT2D eigenvalue weighted by Gasteiger charge is 2.04. The number of anilines is 1. The first-order chi connectivity index (χ1) is 8.20. The summed E-state index contributed by atoms with van der Waals surface area (Å²) in [6.07, 6.45) is 1.73. The van der Waals surface area contributed by atoms with Gasteiger partial charge in [-0.1, -0.05) is 12.1 Å². The van der Waals surface area contributed by atoms with E-state index in [-0.39, 0.29) is 12.5 Å². The molecule has 0 aliphatic heterocycles. The summed E-state index contributed by atoms with van der Waals surface area (Å²) in [5.74, 6) is -0.306. The van der Waals surface area contributed by atoms with Gasteiger partial charge in [0, 0.05) is 16.1 Å². The molecule has 0 atom stereocenters. The summed E-state index contributed by atoms with van der Waals surface area (Å²) in [5, 5.41) is 4.01. The molecule has 5 heteroatoms. The molecule has 2 aromatic rings. The Bertz CT molecular complexity index is 557. The Morgan fingerprint density at radius 2 is 2.35 bits per heavy atom. The Hall–Kier alpha value is -1.62. The van der Waals surface area contributed by atoms with Crippen molar-refractivity contribution >= 4 is 38.5 Å². The lowest BCUT2D eigenvalue weighted by molar-refractivity contribution is -0.138. The second-order valence-electron chi connectivity index (χ2n) is 3.46. The van der Waals surface area contributed by atoms with E-state index in [1.165, 1.54) is 7.11 Å². The third-order valence-electron chi connectivity index (χ3n) is 2.33. The molecule has 0 saturated carbocycles. The van der Waals surface area contributed by atoms with Crippen LogP contribution in [0.25, 0.3) is 10.9 Å². The van der Waals surface area contributed by atoms with Gasteiger partial charge in [-0.05, 0) is 28.1 Å². The number of para-hydroxylation sites is 1. The largest absolute Gasteiger partial charge is 0.468 e. The molecule has 2 rings (SSSR count). The molecule has 1 aromatic heterocycles. The van der Waals surface area contributed by atoms with E-state index < -0.39 is 0 Å². The van der Waals surface area contributed by atoms with Crippen molar-refractivity contribution in [2.75, 3.05) is 19.0 Å². The first kappa shape index (κ1) is 11.9. The van der Waals surface area contributed by atoms with Crippen LogP contribution in [-0.4, -0.2) is 24.6 Å². The molecular weight excluding hydrogens is 284 g/mol. The van der Waals surface area contributed by atoms with Gasteiger partial charge in [0.05, 0.1) is 18.3 Å². The number of carbonyl (C=O) groups is 1. The van der Waals surface area contributed by atoms with Gasteiger partial charge in [0.15, 0.2) is 0 Å². The van der Waals surface area contributed by atoms with E-state index in [4.69, 9.17) is 0 Å². The Morgan fingerprint density at radius 3 is 3.12 bits per heavy atom. The molecule has 4 nitrogen and oxygen atoms in total. The fraction of sp³-hybridized carbons (Fsp3) is 0.167. The van der Waals surface area contributed by atoms with Crippen molar-refractivity contribution in [3.63, 3.8) is 0 Å². The van der Waals surface area contributed by atoms with Crippen molar-refractivity contribution in [1.82, 2.24) is 4.98 Å². The lowest BCUT2D eigenvalue weighted by atomic mass is 10.2. The van der Waals surface area contributed by atoms with Crippen molar-refractivity contribution in [3.05, 3.63) is 34.9 Å². The fourth-order valence-electron chi connectivity index (χ4n) is 1.52. The average Bonchev–Trinajstić information content (AvgIpc) is 2.35. The molecule has 0 fully saturated rings. The topological polar surface area (TPSA) is 51.2 Å². The Morgan fingerprint density at radius 1 is 1.53 bits per heavy atom. The molecule has 1 aromatic carbocycles. The lowest BCUT2D eigenvalue weighted by Crippen LogP contribution is -2.15. The van der Waals surface area contributed by atoms with E-state index >= 15 is 0 Å². The van der Waals surface area contributed by atoms with Crippen LogP contribution in [0.3, 0.4) is 0 Å². The third-order valence-corrected chi connectivity index (χ3v) is 2.76. The number of pyridine rings is 1. The van der Waals surface area contributed by atoms with Gasteiger partial charge < -0.3 is 10.1 Å². The van der Waals surface area contributed by atoms with Gasteiger partial charge in [-0.3, -0.25) is 9.78 Å². The van der Waals surface area contributed by atoms with Crippen molar-refractivity contribution in [3.8, 4) is 0 Å².